The Morgan fingerprint density at radius 1 is 0.966 bits per heavy atom. The lowest BCUT2D eigenvalue weighted by Crippen LogP contribution is -2.41. The number of aryl methyl sites for hydroxylation is 1. The van der Waals surface area contributed by atoms with Crippen LogP contribution in [0.3, 0.4) is 0 Å². The lowest BCUT2D eigenvalue weighted by atomic mass is 10.1. The van der Waals surface area contributed by atoms with Crippen LogP contribution in [0.1, 0.15) is 78.5 Å². The fraction of sp³-hybridized carbons (Fsp3) is 0.615. The standard InChI is InChI=1S/C26H44O2Si/c1-21(12-10-14-22(2)16-17-25-24(4)18-19-27-25)13-11-15-23(3)20-28-29(8,9)26(5,6)7/h12,15-16,18-19H,10-11,13-14,17,20H2,1-9H3/b21-12+,22-16+,23-15+. The van der Waals surface area contributed by atoms with Gasteiger partial charge in [0.05, 0.1) is 12.9 Å². The first-order valence-electron chi connectivity index (χ1n) is 11.1. The topological polar surface area (TPSA) is 22.4 Å². The van der Waals surface area contributed by atoms with Crippen LogP contribution >= 0.6 is 0 Å². The first-order valence-corrected chi connectivity index (χ1v) is 14.0. The Morgan fingerprint density at radius 2 is 1.52 bits per heavy atom. The van der Waals surface area contributed by atoms with Gasteiger partial charge >= 0.3 is 0 Å². The molecule has 3 heteroatoms. The van der Waals surface area contributed by atoms with Gasteiger partial charge in [0.1, 0.15) is 5.76 Å². The van der Waals surface area contributed by atoms with E-state index in [1.165, 1.54) is 22.3 Å². The molecular weight excluding hydrogens is 372 g/mol. The molecule has 0 aliphatic rings. The Bertz CT molecular complexity index is 711. The fourth-order valence-corrected chi connectivity index (χ4v) is 3.77. The molecule has 0 fully saturated rings. The van der Waals surface area contributed by atoms with E-state index in [1.54, 1.807) is 6.26 Å². The van der Waals surface area contributed by atoms with Crippen LogP contribution in [0.25, 0.3) is 0 Å². The second-order valence-electron chi connectivity index (χ2n) is 10.0. The summed E-state index contributed by atoms with van der Waals surface area (Å²) in [5, 5.41) is 0.274. The van der Waals surface area contributed by atoms with Crippen LogP contribution in [0.2, 0.25) is 18.1 Å². The molecule has 1 heterocycles. The number of hydrogen-bond donors (Lipinski definition) is 0. The van der Waals surface area contributed by atoms with Crippen molar-refractivity contribution in [2.24, 2.45) is 0 Å². The molecule has 1 aromatic heterocycles. The molecule has 0 saturated heterocycles. The third kappa shape index (κ3) is 9.82. The highest BCUT2D eigenvalue weighted by Crippen LogP contribution is 2.36. The van der Waals surface area contributed by atoms with Crippen molar-refractivity contribution in [3.05, 3.63) is 58.6 Å². The van der Waals surface area contributed by atoms with E-state index in [-0.39, 0.29) is 5.04 Å². The summed E-state index contributed by atoms with van der Waals surface area (Å²) < 4.78 is 11.8. The Kier molecular flexibility index (Phi) is 10.4. The zero-order chi connectivity index (χ0) is 22.1. The van der Waals surface area contributed by atoms with E-state index in [9.17, 15) is 0 Å². The molecule has 0 unspecified atom stereocenters. The smallest absolute Gasteiger partial charge is 0.192 e. The van der Waals surface area contributed by atoms with Gasteiger partial charge in [-0.25, -0.2) is 0 Å². The van der Waals surface area contributed by atoms with Crippen molar-refractivity contribution in [3.63, 3.8) is 0 Å². The number of hydrogen-bond acceptors (Lipinski definition) is 2. The molecule has 164 valence electrons. The van der Waals surface area contributed by atoms with Crippen LogP contribution in [-0.4, -0.2) is 14.9 Å². The summed E-state index contributed by atoms with van der Waals surface area (Å²) in [6.45, 7) is 21.1. The van der Waals surface area contributed by atoms with Crippen molar-refractivity contribution in [3.8, 4) is 0 Å². The maximum absolute atomic E-state index is 6.30. The van der Waals surface area contributed by atoms with Gasteiger partial charge in [-0.2, -0.15) is 0 Å². The molecule has 0 aliphatic carbocycles. The molecule has 0 N–H and O–H groups in total. The van der Waals surface area contributed by atoms with E-state index in [0.717, 1.165) is 44.5 Å². The maximum atomic E-state index is 6.30. The SMILES string of the molecule is C/C(=C\CC/C(C)=C/Cc1occc1C)CC/C=C(\C)CO[Si](C)(C)C(C)(C)C. The average molecular weight is 417 g/mol. The van der Waals surface area contributed by atoms with Gasteiger partial charge in [0, 0.05) is 6.42 Å². The van der Waals surface area contributed by atoms with Crippen LogP contribution in [0.4, 0.5) is 0 Å². The van der Waals surface area contributed by atoms with Crippen LogP contribution in [0, 0.1) is 6.92 Å². The minimum Gasteiger partial charge on any atom is -0.469 e. The minimum absolute atomic E-state index is 0.274. The van der Waals surface area contributed by atoms with Crippen molar-refractivity contribution in [1.29, 1.82) is 0 Å². The first-order chi connectivity index (χ1) is 13.4. The van der Waals surface area contributed by atoms with Gasteiger partial charge in [0.2, 0.25) is 0 Å². The molecule has 0 aliphatic heterocycles. The van der Waals surface area contributed by atoms with E-state index in [2.05, 4.69) is 79.8 Å². The van der Waals surface area contributed by atoms with Crippen molar-refractivity contribution in [2.75, 3.05) is 6.61 Å². The van der Waals surface area contributed by atoms with Gasteiger partial charge in [0.15, 0.2) is 8.32 Å². The molecule has 0 saturated carbocycles. The summed E-state index contributed by atoms with van der Waals surface area (Å²) in [5.41, 5.74) is 5.51. The normalized spacial score (nSPS) is 14.6. The molecule has 1 aromatic rings. The van der Waals surface area contributed by atoms with Crippen molar-refractivity contribution < 1.29 is 8.84 Å². The molecule has 29 heavy (non-hydrogen) atoms. The third-order valence-corrected chi connectivity index (χ3v) is 10.6. The fourth-order valence-electron chi connectivity index (χ4n) is 2.75. The Labute approximate surface area is 181 Å². The summed E-state index contributed by atoms with van der Waals surface area (Å²) in [7, 11) is -1.65. The van der Waals surface area contributed by atoms with Crippen LogP contribution in [0.5, 0.6) is 0 Å². The molecule has 0 atom stereocenters. The van der Waals surface area contributed by atoms with E-state index in [0.29, 0.717) is 0 Å². The van der Waals surface area contributed by atoms with E-state index in [4.69, 9.17) is 8.84 Å². The molecule has 2 nitrogen and oxygen atoms in total. The molecule has 0 spiro atoms. The predicted octanol–water partition coefficient (Wildman–Crippen LogP) is 8.55. The van der Waals surface area contributed by atoms with E-state index < -0.39 is 8.32 Å². The van der Waals surface area contributed by atoms with E-state index in [1.807, 2.05) is 6.07 Å². The Balaban J connectivity index is 2.32. The van der Waals surface area contributed by atoms with Gasteiger partial charge in [-0.05, 0) is 83.1 Å². The van der Waals surface area contributed by atoms with Gasteiger partial charge in [0.25, 0.3) is 0 Å². The second kappa shape index (κ2) is 11.8. The third-order valence-electron chi connectivity index (χ3n) is 6.13. The Hall–Kier alpha value is -1.32. The molecule has 0 aromatic carbocycles. The molecular formula is C26H44O2Si. The molecule has 0 amide bonds. The van der Waals surface area contributed by atoms with Gasteiger partial charge in [-0.15, -0.1) is 0 Å². The highest BCUT2D eigenvalue weighted by atomic mass is 28.4. The summed E-state index contributed by atoms with van der Waals surface area (Å²) >= 11 is 0. The highest BCUT2D eigenvalue weighted by Gasteiger charge is 2.36. The van der Waals surface area contributed by atoms with Gasteiger partial charge in [-0.3, -0.25) is 0 Å². The second-order valence-corrected chi connectivity index (χ2v) is 14.8. The summed E-state index contributed by atoms with van der Waals surface area (Å²) in [6.07, 6.45) is 14.2. The monoisotopic (exact) mass is 416 g/mol. The molecule has 1 rings (SSSR count). The minimum atomic E-state index is -1.65. The molecule has 0 radical (unpaired) electrons. The number of allylic oxidation sites excluding steroid dienone is 5. The van der Waals surface area contributed by atoms with Crippen molar-refractivity contribution in [2.45, 2.75) is 98.7 Å². The van der Waals surface area contributed by atoms with Gasteiger partial charge in [-0.1, -0.05) is 55.7 Å². The van der Waals surface area contributed by atoms with Gasteiger partial charge < -0.3 is 8.84 Å². The van der Waals surface area contributed by atoms with E-state index >= 15 is 0 Å². The average Bonchev–Trinajstić information content (AvgIpc) is 3.02. The largest absolute Gasteiger partial charge is 0.469 e. The van der Waals surface area contributed by atoms with Crippen LogP contribution in [0.15, 0.2) is 51.7 Å². The van der Waals surface area contributed by atoms with Crippen molar-refractivity contribution in [1.82, 2.24) is 0 Å². The summed E-state index contributed by atoms with van der Waals surface area (Å²) in [4.78, 5) is 0. The Morgan fingerprint density at radius 3 is 2.03 bits per heavy atom. The number of rotatable bonds is 11. The highest BCUT2D eigenvalue weighted by molar-refractivity contribution is 6.74. The zero-order valence-corrected chi connectivity index (χ0v) is 21.4. The lowest BCUT2D eigenvalue weighted by molar-refractivity contribution is 0.318. The molecule has 0 bridgehead atoms. The lowest BCUT2D eigenvalue weighted by Gasteiger charge is -2.36. The predicted molar refractivity (Wildman–Crippen MR) is 130 cm³/mol. The summed E-state index contributed by atoms with van der Waals surface area (Å²) in [6, 6.07) is 2.03. The van der Waals surface area contributed by atoms with Crippen LogP contribution < -0.4 is 0 Å². The first kappa shape index (κ1) is 25.7. The number of furan rings is 1. The zero-order valence-electron chi connectivity index (χ0n) is 20.4. The van der Waals surface area contributed by atoms with Crippen molar-refractivity contribution >= 4 is 8.32 Å². The van der Waals surface area contributed by atoms with Crippen LogP contribution in [-0.2, 0) is 10.8 Å². The summed E-state index contributed by atoms with van der Waals surface area (Å²) in [5.74, 6) is 1.08. The maximum Gasteiger partial charge on any atom is 0.192 e. The quantitative estimate of drug-likeness (QED) is 0.266.